The Bertz CT molecular complexity index is 1050. The summed E-state index contributed by atoms with van der Waals surface area (Å²) >= 11 is 0. The van der Waals surface area contributed by atoms with E-state index in [9.17, 15) is 19.8 Å². The summed E-state index contributed by atoms with van der Waals surface area (Å²) < 4.78 is 5.45. The number of aliphatic hydroxyl groups is 2. The maximum Gasteiger partial charge on any atom is 0.305 e. The first-order chi connectivity index (χ1) is 30.5. The van der Waals surface area contributed by atoms with Gasteiger partial charge in [-0.05, 0) is 89.9 Å². The first kappa shape index (κ1) is 59.8. The van der Waals surface area contributed by atoms with Gasteiger partial charge in [-0.2, -0.15) is 0 Å². The lowest BCUT2D eigenvalue weighted by atomic mass is 10.0. The number of aliphatic hydroxyl groups excluding tert-OH is 2. The maximum atomic E-state index is 12.4. The van der Waals surface area contributed by atoms with Crippen LogP contribution in [0.4, 0.5) is 0 Å². The summed E-state index contributed by atoms with van der Waals surface area (Å²) in [6, 6.07) is -0.640. The van der Waals surface area contributed by atoms with E-state index in [2.05, 4.69) is 55.6 Å². The van der Waals surface area contributed by atoms with Crippen molar-refractivity contribution in [3.8, 4) is 0 Å². The first-order valence-electron chi connectivity index (χ1n) is 26.9. The second-order valence-corrected chi connectivity index (χ2v) is 18.2. The van der Waals surface area contributed by atoms with Gasteiger partial charge in [-0.25, -0.2) is 0 Å². The second-order valence-electron chi connectivity index (χ2n) is 18.2. The summed E-state index contributed by atoms with van der Waals surface area (Å²) in [6.45, 7) is 4.83. The number of carbonyl (C=O) groups excluding carboxylic acids is 2. The third kappa shape index (κ3) is 47.3. The number of amides is 1. The lowest BCUT2D eigenvalue weighted by Crippen LogP contribution is -2.45. The predicted octanol–water partition coefficient (Wildman–Crippen LogP) is 16.2. The maximum absolute atomic E-state index is 12.4. The Morgan fingerprint density at radius 3 is 1.26 bits per heavy atom. The van der Waals surface area contributed by atoms with Gasteiger partial charge >= 0.3 is 5.97 Å². The van der Waals surface area contributed by atoms with Crippen LogP contribution in [0.1, 0.15) is 271 Å². The van der Waals surface area contributed by atoms with Crippen molar-refractivity contribution in [3.05, 3.63) is 48.6 Å². The van der Waals surface area contributed by atoms with Crippen LogP contribution in [0.3, 0.4) is 0 Å². The van der Waals surface area contributed by atoms with Crippen LogP contribution in [-0.4, -0.2) is 47.4 Å². The van der Waals surface area contributed by atoms with Gasteiger partial charge in [0.05, 0.1) is 25.4 Å². The summed E-state index contributed by atoms with van der Waals surface area (Å²) in [7, 11) is 0. The van der Waals surface area contributed by atoms with Gasteiger partial charge in [-0.3, -0.25) is 9.59 Å². The van der Waals surface area contributed by atoms with Crippen LogP contribution in [0.15, 0.2) is 48.6 Å². The minimum Gasteiger partial charge on any atom is -0.466 e. The molecule has 0 rings (SSSR count). The van der Waals surface area contributed by atoms with Crippen LogP contribution in [0.2, 0.25) is 0 Å². The molecule has 3 N–H and O–H groups in total. The van der Waals surface area contributed by atoms with E-state index in [-0.39, 0.29) is 18.5 Å². The molecule has 2 unspecified atom stereocenters. The Hall–Kier alpha value is -2.18. The second kappa shape index (κ2) is 51.5. The zero-order valence-corrected chi connectivity index (χ0v) is 41.1. The lowest BCUT2D eigenvalue weighted by molar-refractivity contribution is -0.143. The normalized spacial score (nSPS) is 13.0. The SMILES string of the molecule is CCCCCC/C=C\C/C=C\CCCCCCCC(=O)OCCCCCC/C=C\CCCCCCCCCC(=O)NC(CO)C(O)/C=C/CCCCCCCCCCCCCC. The molecule has 1 amide bonds. The first-order valence-corrected chi connectivity index (χ1v) is 26.9. The fraction of sp³-hybridized carbons (Fsp3) is 0.821. The van der Waals surface area contributed by atoms with Gasteiger partial charge < -0.3 is 20.3 Å². The Morgan fingerprint density at radius 1 is 0.452 bits per heavy atom. The Morgan fingerprint density at radius 2 is 0.806 bits per heavy atom. The van der Waals surface area contributed by atoms with Gasteiger partial charge in [0.2, 0.25) is 5.91 Å². The average Bonchev–Trinajstić information content (AvgIpc) is 3.27. The van der Waals surface area contributed by atoms with Crippen LogP contribution in [0.5, 0.6) is 0 Å². The Kier molecular flexibility index (Phi) is 49.6. The van der Waals surface area contributed by atoms with E-state index >= 15 is 0 Å². The average molecular weight is 870 g/mol. The monoisotopic (exact) mass is 870 g/mol. The van der Waals surface area contributed by atoms with Crippen LogP contribution in [-0.2, 0) is 14.3 Å². The number of hydrogen-bond acceptors (Lipinski definition) is 5. The van der Waals surface area contributed by atoms with Gasteiger partial charge in [0.1, 0.15) is 0 Å². The summed E-state index contributed by atoms with van der Waals surface area (Å²) in [6.07, 6.45) is 64.0. The van der Waals surface area contributed by atoms with Gasteiger partial charge in [0.25, 0.3) is 0 Å². The molecule has 362 valence electrons. The number of esters is 1. The highest BCUT2D eigenvalue weighted by Gasteiger charge is 2.18. The van der Waals surface area contributed by atoms with E-state index in [1.165, 1.54) is 161 Å². The third-order valence-corrected chi connectivity index (χ3v) is 12.1. The quantitative estimate of drug-likeness (QED) is 0.0322. The smallest absolute Gasteiger partial charge is 0.305 e. The van der Waals surface area contributed by atoms with E-state index in [0.717, 1.165) is 83.5 Å². The fourth-order valence-electron chi connectivity index (χ4n) is 7.89. The number of hydrogen-bond donors (Lipinski definition) is 3. The highest BCUT2D eigenvalue weighted by Crippen LogP contribution is 2.15. The molecule has 0 aliphatic carbocycles. The molecule has 0 saturated heterocycles. The molecule has 6 nitrogen and oxygen atoms in total. The zero-order chi connectivity index (χ0) is 45.1. The van der Waals surface area contributed by atoms with Gasteiger partial charge in [-0.1, -0.05) is 217 Å². The molecule has 0 aromatic heterocycles. The minimum atomic E-state index is -0.855. The van der Waals surface area contributed by atoms with Crippen LogP contribution >= 0.6 is 0 Å². The number of allylic oxidation sites excluding steroid dienone is 7. The van der Waals surface area contributed by atoms with Crippen molar-refractivity contribution in [3.63, 3.8) is 0 Å². The van der Waals surface area contributed by atoms with E-state index in [0.29, 0.717) is 19.4 Å². The van der Waals surface area contributed by atoms with E-state index in [1.807, 2.05) is 6.08 Å². The minimum absolute atomic E-state index is 0.0255. The topological polar surface area (TPSA) is 95.9 Å². The molecule has 6 heteroatoms. The number of rotatable bonds is 49. The van der Waals surface area contributed by atoms with Crippen molar-refractivity contribution in [2.75, 3.05) is 13.2 Å². The number of carbonyl (C=O) groups is 2. The molecule has 0 radical (unpaired) electrons. The molecule has 0 aliphatic rings. The highest BCUT2D eigenvalue weighted by molar-refractivity contribution is 5.76. The zero-order valence-electron chi connectivity index (χ0n) is 41.1. The van der Waals surface area contributed by atoms with E-state index in [4.69, 9.17) is 4.74 Å². The molecule has 0 spiro atoms. The molecular weight excluding hydrogens is 767 g/mol. The summed E-state index contributed by atoms with van der Waals surface area (Å²) in [5, 5.41) is 23.0. The number of ether oxygens (including phenoxy) is 1. The molecule has 0 saturated carbocycles. The Labute approximate surface area is 385 Å². The molecule has 0 heterocycles. The summed E-state index contributed by atoms with van der Waals surface area (Å²) in [5.74, 6) is -0.110. The molecule has 62 heavy (non-hydrogen) atoms. The van der Waals surface area contributed by atoms with Gasteiger partial charge in [0, 0.05) is 12.8 Å². The van der Waals surface area contributed by atoms with Crippen molar-refractivity contribution >= 4 is 11.9 Å². The molecule has 0 aliphatic heterocycles. The van der Waals surface area contributed by atoms with Gasteiger partial charge in [-0.15, -0.1) is 0 Å². The molecule has 0 aromatic carbocycles. The molecule has 0 fully saturated rings. The largest absolute Gasteiger partial charge is 0.466 e. The predicted molar refractivity (Wildman–Crippen MR) is 269 cm³/mol. The van der Waals surface area contributed by atoms with Crippen LogP contribution in [0, 0.1) is 0 Å². The van der Waals surface area contributed by atoms with Gasteiger partial charge in [0.15, 0.2) is 0 Å². The standard InChI is InChI=1S/C56H103NO5/c1-3-5-7-9-11-13-15-17-19-22-26-30-34-38-42-46-50-56(61)62-51-47-43-39-35-31-27-23-20-21-25-29-33-37-41-45-49-55(60)57-53(52-58)54(59)48-44-40-36-32-28-24-18-16-14-12-10-8-6-4-2/h13,15,19,22-23,27,44,48,53-54,58-59H,3-12,14,16-18,20-21,24-26,28-43,45-47,49-52H2,1-2H3,(H,57,60)/b15-13-,22-19-,27-23-,48-44+. The molecule has 0 bridgehead atoms. The van der Waals surface area contributed by atoms with Crippen molar-refractivity contribution in [1.29, 1.82) is 0 Å². The fourth-order valence-corrected chi connectivity index (χ4v) is 7.89. The van der Waals surface area contributed by atoms with Crippen molar-refractivity contribution in [2.24, 2.45) is 0 Å². The van der Waals surface area contributed by atoms with Crippen molar-refractivity contribution in [2.45, 2.75) is 283 Å². The van der Waals surface area contributed by atoms with E-state index in [1.54, 1.807) is 6.08 Å². The summed E-state index contributed by atoms with van der Waals surface area (Å²) in [5.41, 5.74) is 0. The highest BCUT2D eigenvalue weighted by atomic mass is 16.5. The lowest BCUT2D eigenvalue weighted by Gasteiger charge is -2.20. The molecular formula is C56H103NO5. The van der Waals surface area contributed by atoms with Crippen molar-refractivity contribution in [1.82, 2.24) is 5.32 Å². The summed E-state index contributed by atoms with van der Waals surface area (Å²) in [4.78, 5) is 24.5. The molecule has 2 atom stereocenters. The number of unbranched alkanes of at least 4 members (excludes halogenated alkanes) is 32. The van der Waals surface area contributed by atoms with Crippen molar-refractivity contribution < 1.29 is 24.5 Å². The molecule has 0 aromatic rings. The van der Waals surface area contributed by atoms with E-state index < -0.39 is 12.1 Å². The Balaban J connectivity index is 3.52. The third-order valence-electron chi connectivity index (χ3n) is 12.1. The van der Waals surface area contributed by atoms with Crippen LogP contribution in [0.25, 0.3) is 0 Å². The van der Waals surface area contributed by atoms with Crippen LogP contribution < -0.4 is 5.32 Å². The number of nitrogens with one attached hydrogen (secondary N) is 1.